The van der Waals surface area contributed by atoms with Crippen LogP contribution in [0.4, 0.5) is 0 Å². The Bertz CT molecular complexity index is 1750. The third-order valence-electron chi connectivity index (χ3n) is 7.25. The van der Waals surface area contributed by atoms with E-state index in [-0.39, 0.29) is 17.1 Å². The molecule has 7 nitrogen and oxygen atoms in total. The summed E-state index contributed by atoms with van der Waals surface area (Å²) < 4.78 is 12.2. The van der Waals surface area contributed by atoms with Gasteiger partial charge in [-0.2, -0.15) is 0 Å². The highest BCUT2D eigenvalue weighted by molar-refractivity contribution is 7.99. The van der Waals surface area contributed by atoms with Crippen LogP contribution in [0.15, 0.2) is 88.8 Å². The van der Waals surface area contributed by atoms with Crippen LogP contribution in [0.1, 0.15) is 26.4 Å². The fraction of sp³-hybridized carbons (Fsp3) is 0.219. The molecular weight excluding hydrogens is 555 g/mol. The number of nitrogens with zero attached hydrogens (tertiary/aromatic N) is 3. The Labute approximate surface area is 246 Å². The van der Waals surface area contributed by atoms with Crippen molar-refractivity contribution in [3.63, 3.8) is 0 Å². The van der Waals surface area contributed by atoms with Crippen LogP contribution in [0.2, 0.25) is 0 Å². The molecule has 2 aromatic heterocycles. The van der Waals surface area contributed by atoms with Gasteiger partial charge in [0, 0.05) is 30.1 Å². The number of ether oxygens (including phenoxy) is 2. The van der Waals surface area contributed by atoms with Crippen LogP contribution in [-0.4, -0.2) is 46.8 Å². The van der Waals surface area contributed by atoms with E-state index >= 15 is 0 Å². The average molecular weight is 584 g/mol. The number of rotatable bonds is 9. The quantitative estimate of drug-likeness (QED) is 0.120. The van der Waals surface area contributed by atoms with Crippen molar-refractivity contribution in [3.05, 3.63) is 111 Å². The minimum Gasteiger partial charge on any atom is -0.497 e. The Morgan fingerprint density at radius 1 is 0.951 bits per heavy atom. The van der Waals surface area contributed by atoms with Crippen molar-refractivity contribution < 1.29 is 14.3 Å². The molecule has 0 atom stereocenters. The Balaban J connectivity index is 1.35. The molecule has 0 N–H and O–H groups in total. The van der Waals surface area contributed by atoms with Crippen LogP contribution in [0.3, 0.4) is 0 Å². The summed E-state index contributed by atoms with van der Waals surface area (Å²) in [7, 11) is 3.20. The van der Waals surface area contributed by atoms with Crippen molar-refractivity contribution in [2.24, 2.45) is 0 Å². The Hall–Kier alpha value is -3.92. The highest BCUT2D eigenvalue weighted by atomic mass is 32.2. The van der Waals surface area contributed by atoms with Gasteiger partial charge >= 0.3 is 0 Å². The van der Waals surface area contributed by atoms with Crippen LogP contribution >= 0.6 is 23.1 Å². The summed E-state index contributed by atoms with van der Waals surface area (Å²) in [4.78, 5) is 36.5. The van der Waals surface area contributed by atoms with E-state index in [4.69, 9.17) is 14.5 Å². The van der Waals surface area contributed by atoms with E-state index in [1.165, 1.54) is 22.2 Å². The molecule has 0 saturated heterocycles. The lowest BCUT2D eigenvalue weighted by molar-refractivity contribution is 0.102. The molecule has 41 heavy (non-hydrogen) atoms. The zero-order valence-electron chi connectivity index (χ0n) is 22.8. The monoisotopic (exact) mass is 583 g/mol. The van der Waals surface area contributed by atoms with E-state index in [1.54, 1.807) is 54.4 Å². The van der Waals surface area contributed by atoms with Gasteiger partial charge in [-0.1, -0.05) is 42.1 Å². The van der Waals surface area contributed by atoms with Gasteiger partial charge in [0.1, 0.15) is 16.3 Å². The Morgan fingerprint density at radius 2 is 1.63 bits per heavy atom. The SMILES string of the molecule is COc1ccc(C(=O)CSc2nc3sc4c(c3c(=O)n2-c2ccc(OC)cc2)CCN(Cc2ccccc2)C4)cc1. The summed E-state index contributed by atoms with van der Waals surface area (Å²) in [6.45, 7) is 2.53. The van der Waals surface area contributed by atoms with Gasteiger partial charge in [-0.25, -0.2) is 4.98 Å². The predicted octanol–water partition coefficient (Wildman–Crippen LogP) is 6.00. The van der Waals surface area contributed by atoms with Gasteiger partial charge in [-0.05, 0) is 66.1 Å². The number of methoxy groups -OCH3 is 2. The number of carbonyl (C=O) groups excluding carboxylic acids is 1. The summed E-state index contributed by atoms with van der Waals surface area (Å²) in [5.74, 6) is 1.50. The number of benzene rings is 3. The van der Waals surface area contributed by atoms with Crippen LogP contribution in [0.25, 0.3) is 15.9 Å². The third-order valence-corrected chi connectivity index (χ3v) is 9.30. The first-order valence-corrected chi connectivity index (χ1v) is 15.1. The van der Waals surface area contributed by atoms with Crippen LogP contribution in [0.5, 0.6) is 11.5 Å². The first kappa shape index (κ1) is 27.3. The summed E-state index contributed by atoms with van der Waals surface area (Å²) in [5.41, 5.74) is 3.54. The summed E-state index contributed by atoms with van der Waals surface area (Å²) in [6.07, 6.45) is 0.796. The first-order valence-electron chi connectivity index (χ1n) is 13.3. The molecule has 9 heteroatoms. The second kappa shape index (κ2) is 11.9. The van der Waals surface area contributed by atoms with Crippen molar-refractivity contribution in [1.82, 2.24) is 14.5 Å². The fourth-order valence-electron chi connectivity index (χ4n) is 5.10. The van der Waals surface area contributed by atoms with E-state index in [0.717, 1.165) is 36.4 Å². The van der Waals surface area contributed by atoms with Crippen molar-refractivity contribution in [3.8, 4) is 17.2 Å². The molecule has 1 aliphatic heterocycles. The molecule has 1 aliphatic rings. The van der Waals surface area contributed by atoms with Crippen molar-refractivity contribution in [2.75, 3.05) is 26.5 Å². The van der Waals surface area contributed by atoms with Crippen LogP contribution in [-0.2, 0) is 19.5 Å². The highest BCUT2D eigenvalue weighted by Gasteiger charge is 2.26. The highest BCUT2D eigenvalue weighted by Crippen LogP contribution is 2.35. The summed E-state index contributed by atoms with van der Waals surface area (Å²) in [6, 6.07) is 24.9. The first-order chi connectivity index (χ1) is 20.0. The third kappa shape index (κ3) is 5.66. The summed E-state index contributed by atoms with van der Waals surface area (Å²) in [5, 5.41) is 1.18. The van der Waals surface area contributed by atoms with E-state index in [1.807, 2.05) is 30.3 Å². The summed E-state index contributed by atoms with van der Waals surface area (Å²) >= 11 is 2.87. The van der Waals surface area contributed by atoms with Crippen molar-refractivity contribution in [2.45, 2.75) is 24.7 Å². The van der Waals surface area contributed by atoms with Gasteiger partial charge in [0.25, 0.3) is 5.56 Å². The molecular formula is C32H29N3O4S2. The topological polar surface area (TPSA) is 73.7 Å². The molecule has 5 aromatic rings. The minimum absolute atomic E-state index is 0.0460. The molecule has 0 spiro atoms. The number of aromatic nitrogens is 2. The molecule has 0 amide bonds. The minimum atomic E-state index is -0.103. The molecule has 208 valence electrons. The normalized spacial score (nSPS) is 13.2. The molecule has 3 aromatic carbocycles. The molecule has 0 unspecified atom stereocenters. The fourth-order valence-corrected chi connectivity index (χ4v) is 7.31. The van der Waals surface area contributed by atoms with Gasteiger partial charge in [0.15, 0.2) is 10.9 Å². The molecule has 0 fully saturated rings. The largest absolute Gasteiger partial charge is 0.497 e. The molecule has 0 saturated carbocycles. The zero-order valence-corrected chi connectivity index (χ0v) is 24.5. The number of Topliss-reactive ketones (excluding diaryl/α,β-unsaturated/α-hetero) is 1. The van der Waals surface area contributed by atoms with Crippen LogP contribution in [0, 0.1) is 0 Å². The van der Waals surface area contributed by atoms with Gasteiger partial charge < -0.3 is 9.47 Å². The number of hydrogen-bond acceptors (Lipinski definition) is 8. The van der Waals surface area contributed by atoms with Crippen molar-refractivity contribution >= 4 is 39.1 Å². The number of ketones is 1. The lowest BCUT2D eigenvalue weighted by Crippen LogP contribution is -2.30. The predicted molar refractivity (Wildman–Crippen MR) is 164 cm³/mol. The Kier molecular flexibility index (Phi) is 7.91. The molecule has 0 bridgehead atoms. The van der Waals surface area contributed by atoms with Crippen molar-refractivity contribution in [1.29, 1.82) is 0 Å². The number of thioether (sulfide) groups is 1. The number of fused-ring (bicyclic) bond motifs is 3. The van der Waals surface area contributed by atoms with E-state index in [0.29, 0.717) is 33.3 Å². The van der Waals surface area contributed by atoms with Crippen LogP contribution < -0.4 is 15.0 Å². The number of carbonyl (C=O) groups is 1. The maximum Gasteiger partial charge on any atom is 0.267 e. The van der Waals surface area contributed by atoms with E-state index in [9.17, 15) is 9.59 Å². The average Bonchev–Trinajstić information content (AvgIpc) is 3.38. The second-order valence-corrected chi connectivity index (χ2v) is 11.8. The lowest BCUT2D eigenvalue weighted by atomic mass is 10.0. The lowest BCUT2D eigenvalue weighted by Gasteiger charge is -2.26. The van der Waals surface area contributed by atoms with E-state index in [2.05, 4.69) is 29.2 Å². The standard InChI is InChI=1S/C32H29N3O4S2/c1-38-24-12-8-22(9-13-24)27(36)20-40-32-33-30-29(31(37)35(32)23-10-14-25(39-2)15-11-23)26-16-17-34(19-28(26)41-30)18-21-6-4-3-5-7-21/h3-15H,16-20H2,1-2H3. The smallest absolute Gasteiger partial charge is 0.267 e. The maximum absolute atomic E-state index is 14.2. The second-order valence-electron chi connectivity index (χ2n) is 9.80. The van der Waals surface area contributed by atoms with Gasteiger partial charge in [-0.15, -0.1) is 11.3 Å². The zero-order chi connectivity index (χ0) is 28.3. The molecule has 0 radical (unpaired) electrons. The molecule has 0 aliphatic carbocycles. The number of hydrogen-bond donors (Lipinski definition) is 0. The number of thiophene rings is 1. The van der Waals surface area contributed by atoms with Gasteiger partial charge in [-0.3, -0.25) is 19.1 Å². The molecule has 3 heterocycles. The maximum atomic E-state index is 14.2. The Morgan fingerprint density at radius 3 is 2.32 bits per heavy atom. The van der Waals surface area contributed by atoms with Gasteiger partial charge in [0.05, 0.1) is 31.0 Å². The van der Waals surface area contributed by atoms with Gasteiger partial charge in [0.2, 0.25) is 0 Å². The van der Waals surface area contributed by atoms with E-state index < -0.39 is 0 Å². The molecule has 6 rings (SSSR count).